The predicted molar refractivity (Wildman–Crippen MR) is 86.9 cm³/mol. The molecule has 1 heterocycles. The number of benzene rings is 1. The quantitative estimate of drug-likeness (QED) is 0.771. The highest BCUT2D eigenvalue weighted by atomic mass is 35.7. The smallest absolute Gasteiger partial charge is 0.261 e. The van der Waals surface area contributed by atoms with E-state index < -0.39 is 9.05 Å². The van der Waals surface area contributed by atoms with E-state index in [1.165, 1.54) is 24.3 Å². The molecule has 0 atom stereocenters. The molecule has 1 aromatic rings. The van der Waals surface area contributed by atoms with Gasteiger partial charge in [0.05, 0.1) is 4.90 Å². The molecule has 1 aromatic carbocycles. The van der Waals surface area contributed by atoms with Crippen LogP contribution < -0.4 is 0 Å². The van der Waals surface area contributed by atoms with E-state index in [2.05, 4.69) is 0 Å². The summed E-state index contributed by atoms with van der Waals surface area (Å²) >= 11 is 0. The highest BCUT2D eigenvalue weighted by Crippen LogP contribution is 2.17. The maximum Gasteiger partial charge on any atom is 0.261 e. The molecule has 0 N–H and O–H groups in total. The Kier molecular flexibility index (Phi) is 5.64. The standard InChI is InChI=1S/C15H19ClN2O4S/c1-2-14(19)17-8-3-9-18(11-10-17)15(20)12-4-6-13(7-5-12)23(16,21)22/h4-7H,2-3,8-11H2,1H3. The number of carbonyl (C=O) groups is 2. The van der Waals surface area contributed by atoms with E-state index in [0.717, 1.165) is 6.42 Å². The van der Waals surface area contributed by atoms with Crippen LogP contribution in [-0.4, -0.2) is 56.2 Å². The van der Waals surface area contributed by atoms with E-state index in [4.69, 9.17) is 10.7 Å². The molecule has 0 aliphatic carbocycles. The van der Waals surface area contributed by atoms with Crippen LogP contribution >= 0.6 is 10.7 Å². The second-order valence-corrected chi connectivity index (χ2v) is 7.91. The molecule has 0 unspecified atom stereocenters. The molecule has 0 radical (unpaired) electrons. The molecule has 6 nitrogen and oxygen atoms in total. The number of halogens is 1. The van der Waals surface area contributed by atoms with E-state index in [0.29, 0.717) is 38.2 Å². The first kappa shape index (κ1) is 17.7. The number of hydrogen-bond donors (Lipinski definition) is 0. The topological polar surface area (TPSA) is 74.8 Å². The molecule has 1 saturated heterocycles. The Morgan fingerprint density at radius 2 is 1.61 bits per heavy atom. The number of hydrogen-bond acceptors (Lipinski definition) is 4. The van der Waals surface area contributed by atoms with Gasteiger partial charge in [0, 0.05) is 48.8 Å². The van der Waals surface area contributed by atoms with E-state index in [1.54, 1.807) is 9.80 Å². The third-order valence-electron chi connectivity index (χ3n) is 3.82. The van der Waals surface area contributed by atoms with Crippen LogP contribution in [0.5, 0.6) is 0 Å². The zero-order valence-corrected chi connectivity index (χ0v) is 14.4. The molecule has 8 heteroatoms. The van der Waals surface area contributed by atoms with Crippen molar-refractivity contribution in [2.45, 2.75) is 24.7 Å². The van der Waals surface area contributed by atoms with Crippen LogP contribution in [-0.2, 0) is 13.8 Å². The van der Waals surface area contributed by atoms with Gasteiger partial charge in [0.25, 0.3) is 15.0 Å². The van der Waals surface area contributed by atoms with Crippen molar-refractivity contribution in [1.82, 2.24) is 9.80 Å². The highest BCUT2D eigenvalue weighted by molar-refractivity contribution is 8.13. The Bertz CT molecular complexity index is 688. The lowest BCUT2D eigenvalue weighted by Crippen LogP contribution is -2.37. The van der Waals surface area contributed by atoms with Gasteiger partial charge >= 0.3 is 0 Å². The van der Waals surface area contributed by atoms with Crippen molar-refractivity contribution < 1.29 is 18.0 Å². The van der Waals surface area contributed by atoms with Crippen molar-refractivity contribution in [3.05, 3.63) is 29.8 Å². The molecule has 1 fully saturated rings. The Balaban J connectivity index is 2.07. The highest BCUT2D eigenvalue weighted by Gasteiger charge is 2.22. The normalized spacial score (nSPS) is 16.1. The lowest BCUT2D eigenvalue weighted by Gasteiger charge is -2.22. The molecule has 2 rings (SSSR count). The Labute approximate surface area is 140 Å². The first-order valence-electron chi connectivity index (χ1n) is 7.44. The summed E-state index contributed by atoms with van der Waals surface area (Å²) in [5, 5.41) is 0. The van der Waals surface area contributed by atoms with Crippen molar-refractivity contribution in [2.75, 3.05) is 26.2 Å². The van der Waals surface area contributed by atoms with Crippen LogP contribution in [0.25, 0.3) is 0 Å². The van der Waals surface area contributed by atoms with Gasteiger partial charge in [-0.05, 0) is 30.7 Å². The summed E-state index contributed by atoms with van der Waals surface area (Å²) in [5.74, 6) is -0.0784. The molecule has 0 saturated carbocycles. The van der Waals surface area contributed by atoms with Crippen LogP contribution in [0.1, 0.15) is 30.1 Å². The van der Waals surface area contributed by atoms with Gasteiger partial charge in [0.1, 0.15) is 0 Å². The second-order valence-electron chi connectivity index (χ2n) is 5.34. The maximum absolute atomic E-state index is 12.5. The fourth-order valence-corrected chi connectivity index (χ4v) is 3.31. The van der Waals surface area contributed by atoms with Crippen molar-refractivity contribution in [2.24, 2.45) is 0 Å². The van der Waals surface area contributed by atoms with Gasteiger partial charge in [-0.15, -0.1) is 0 Å². The van der Waals surface area contributed by atoms with E-state index in [-0.39, 0.29) is 16.7 Å². The SMILES string of the molecule is CCC(=O)N1CCCN(C(=O)c2ccc(S(=O)(=O)Cl)cc2)CC1. The summed E-state index contributed by atoms with van der Waals surface area (Å²) < 4.78 is 22.4. The summed E-state index contributed by atoms with van der Waals surface area (Å²) in [4.78, 5) is 27.7. The van der Waals surface area contributed by atoms with Crippen LogP contribution in [0, 0.1) is 0 Å². The Morgan fingerprint density at radius 3 is 2.17 bits per heavy atom. The van der Waals surface area contributed by atoms with Crippen molar-refractivity contribution in [3.8, 4) is 0 Å². The third kappa shape index (κ3) is 4.45. The second kappa shape index (κ2) is 7.31. The lowest BCUT2D eigenvalue weighted by molar-refractivity contribution is -0.130. The summed E-state index contributed by atoms with van der Waals surface area (Å²) in [5.41, 5.74) is 0.407. The van der Waals surface area contributed by atoms with Gasteiger partial charge in [0.2, 0.25) is 5.91 Å². The number of amides is 2. The first-order chi connectivity index (χ1) is 10.8. The van der Waals surface area contributed by atoms with E-state index in [9.17, 15) is 18.0 Å². The molecular formula is C15H19ClN2O4S. The molecule has 126 valence electrons. The molecule has 2 amide bonds. The first-order valence-corrected chi connectivity index (χ1v) is 9.75. The molecular weight excluding hydrogens is 340 g/mol. The molecule has 0 spiro atoms. The van der Waals surface area contributed by atoms with Crippen LogP contribution in [0.2, 0.25) is 0 Å². The minimum Gasteiger partial charge on any atom is -0.341 e. The summed E-state index contributed by atoms with van der Waals surface area (Å²) in [6.45, 7) is 4.04. The van der Waals surface area contributed by atoms with Crippen molar-refractivity contribution in [1.29, 1.82) is 0 Å². The number of nitrogens with zero attached hydrogens (tertiary/aromatic N) is 2. The van der Waals surface area contributed by atoms with Crippen LogP contribution in [0.15, 0.2) is 29.2 Å². The predicted octanol–water partition coefficient (Wildman–Crippen LogP) is 1.70. The Hall–Kier alpha value is -1.60. The number of carbonyl (C=O) groups excluding carboxylic acids is 2. The van der Waals surface area contributed by atoms with E-state index in [1.807, 2.05) is 6.92 Å². The average Bonchev–Trinajstić information content (AvgIpc) is 2.78. The maximum atomic E-state index is 12.5. The lowest BCUT2D eigenvalue weighted by atomic mass is 10.2. The molecule has 23 heavy (non-hydrogen) atoms. The van der Waals surface area contributed by atoms with Crippen LogP contribution in [0.4, 0.5) is 0 Å². The molecule has 0 bridgehead atoms. The Morgan fingerprint density at radius 1 is 1.04 bits per heavy atom. The van der Waals surface area contributed by atoms with Crippen LogP contribution in [0.3, 0.4) is 0 Å². The molecule has 1 aliphatic heterocycles. The average molecular weight is 359 g/mol. The van der Waals surface area contributed by atoms with Gasteiger partial charge in [-0.25, -0.2) is 8.42 Å². The van der Waals surface area contributed by atoms with Gasteiger partial charge in [-0.3, -0.25) is 9.59 Å². The van der Waals surface area contributed by atoms with Crippen molar-refractivity contribution >= 4 is 31.5 Å². The zero-order valence-electron chi connectivity index (χ0n) is 12.9. The summed E-state index contributed by atoms with van der Waals surface area (Å²) in [6, 6.07) is 5.55. The van der Waals surface area contributed by atoms with E-state index >= 15 is 0 Å². The van der Waals surface area contributed by atoms with Gasteiger partial charge in [-0.1, -0.05) is 6.92 Å². The minimum absolute atomic E-state index is 0.0358. The molecule has 0 aromatic heterocycles. The fraction of sp³-hybridized carbons (Fsp3) is 0.467. The zero-order chi connectivity index (χ0) is 17.0. The monoisotopic (exact) mass is 358 g/mol. The van der Waals surface area contributed by atoms with Gasteiger partial charge in [0.15, 0.2) is 0 Å². The summed E-state index contributed by atoms with van der Waals surface area (Å²) in [7, 11) is 1.47. The minimum atomic E-state index is -3.79. The number of rotatable bonds is 3. The summed E-state index contributed by atoms with van der Waals surface area (Å²) in [6.07, 6.45) is 1.19. The fourth-order valence-electron chi connectivity index (χ4n) is 2.54. The van der Waals surface area contributed by atoms with Gasteiger partial charge in [-0.2, -0.15) is 0 Å². The van der Waals surface area contributed by atoms with Crippen molar-refractivity contribution in [3.63, 3.8) is 0 Å². The third-order valence-corrected chi connectivity index (χ3v) is 5.19. The molecule has 1 aliphatic rings. The largest absolute Gasteiger partial charge is 0.341 e. The van der Waals surface area contributed by atoms with Gasteiger partial charge < -0.3 is 9.80 Å².